The maximum absolute atomic E-state index is 12.0. The lowest BCUT2D eigenvalue weighted by molar-refractivity contribution is 0.590. The molecular formula is C17H21BrN2O. The van der Waals surface area contributed by atoms with Crippen molar-refractivity contribution < 1.29 is 0 Å². The van der Waals surface area contributed by atoms with E-state index in [2.05, 4.69) is 58.8 Å². The van der Waals surface area contributed by atoms with Crippen molar-refractivity contribution in [1.29, 1.82) is 0 Å². The summed E-state index contributed by atoms with van der Waals surface area (Å²) in [6, 6.07) is 8.20. The summed E-state index contributed by atoms with van der Waals surface area (Å²) >= 11 is 3.32. The van der Waals surface area contributed by atoms with E-state index in [4.69, 9.17) is 0 Å². The Morgan fingerprint density at radius 3 is 2.19 bits per heavy atom. The third kappa shape index (κ3) is 3.43. The highest BCUT2D eigenvalue weighted by molar-refractivity contribution is 9.10. The topological polar surface area (TPSA) is 45.8 Å². The molecule has 3 nitrogen and oxygen atoms in total. The Kier molecular flexibility index (Phi) is 4.38. The molecule has 0 atom stereocenters. The summed E-state index contributed by atoms with van der Waals surface area (Å²) in [6.07, 6.45) is 0. The molecule has 0 saturated carbocycles. The Morgan fingerprint density at radius 2 is 1.71 bits per heavy atom. The van der Waals surface area contributed by atoms with Crippen LogP contribution in [-0.2, 0) is 5.41 Å². The molecule has 21 heavy (non-hydrogen) atoms. The van der Waals surface area contributed by atoms with Crippen LogP contribution in [0.5, 0.6) is 0 Å². The molecule has 1 aromatic carbocycles. The summed E-state index contributed by atoms with van der Waals surface area (Å²) in [6.45, 7) is 10.6. The predicted molar refractivity (Wildman–Crippen MR) is 90.8 cm³/mol. The number of nitrogens with one attached hydrogen (secondary N) is 1. The van der Waals surface area contributed by atoms with E-state index in [1.165, 1.54) is 5.56 Å². The second kappa shape index (κ2) is 5.76. The largest absolute Gasteiger partial charge is 0.306 e. The highest BCUT2D eigenvalue weighted by atomic mass is 79.9. The van der Waals surface area contributed by atoms with Crippen LogP contribution in [0.15, 0.2) is 33.5 Å². The predicted octanol–water partition coefficient (Wildman–Crippen LogP) is 4.62. The van der Waals surface area contributed by atoms with Crippen molar-refractivity contribution in [2.75, 3.05) is 0 Å². The van der Waals surface area contributed by atoms with Gasteiger partial charge in [0, 0.05) is 5.56 Å². The number of H-pyrrole nitrogens is 1. The maximum atomic E-state index is 12.0. The monoisotopic (exact) mass is 348 g/mol. The van der Waals surface area contributed by atoms with Gasteiger partial charge < -0.3 is 4.98 Å². The number of aromatic amines is 1. The minimum atomic E-state index is -0.136. The zero-order valence-corrected chi connectivity index (χ0v) is 14.7. The van der Waals surface area contributed by atoms with Gasteiger partial charge >= 0.3 is 0 Å². The van der Waals surface area contributed by atoms with Gasteiger partial charge in [-0.25, -0.2) is 4.98 Å². The van der Waals surface area contributed by atoms with E-state index in [9.17, 15) is 4.79 Å². The van der Waals surface area contributed by atoms with Crippen molar-refractivity contribution in [2.24, 2.45) is 0 Å². The second-order valence-corrected chi connectivity index (χ2v) is 7.39. The van der Waals surface area contributed by atoms with Crippen LogP contribution in [0.1, 0.15) is 51.8 Å². The Morgan fingerprint density at radius 1 is 1.14 bits per heavy atom. The van der Waals surface area contributed by atoms with Gasteiger partial charge in [0.05, 0.1) is 5.69 Å². The molecule has 1 aromatic heterocycles. The van der Waals surface area contributed by atoms with Gasteiger partial charge in [-0.1, -0.05) is 58.9 Å². The van der Waals surface area contributed by atoms with Crippen molar-refractivity contribution in [1.82, 2.24) is 9.97 Å². The summed E-state index contributed by atoms with van der Waals surface area (Å²) < 4.78 is 0.521. The van der Waals surface area contributed by atoms with E-state index in [0.29, 0.717) is 10.3 Å². The van der Waals surface area contributed by atoms with Gasteiger partial charge in [0.2, 0.25) is 0 Å². The summed E-state index contributed by atoms with van der Waals surface area (Å²) in [5.74, 6) is 0.807. The minimum Gasteiger partial charge on any atom is -0.306 e. The molecule has 0 fully saturated rings. The molecule has 0 aliphatic rings. The van der Waals surface area contributed by atoms with Crippen LogP contribution in [0.2, 0.25) is 0 Å². The van der Waals surface area contributed by atoms with Crippen LogP contribution in [0, 0.1) is 0 Å². The number of nitrogens with zero attached hydrogens (tertiary/aromatic N) is 1. The first-order valence-electron chi connectivity index (χ1n) is 7.11. The standard InChI is InChI=1S/C17H21BrN2O/c1-10(2)14-13(18)16(21)20-15(19-14)11-6-8-12(9-7-11)17(3,4)5/h6-10H,1-5H3,(H,19,20,21). The van der Waals surface area contributed by atoms with Gasteiger partial charge in [-0.3, -0.25) is 4.79 Å². The quantitative estimate of drug-likeness (QED) is 0.860. The molecule has 0 amide bonds. The molecule has 112 valence electrons. The Balaban J connectivity index is 2.50. The third-order valence-electron chi connectivity index (χ3n) is 3.46. The Bertz CT molecular complexity index is 694. The van der Waals surface area contributed by atoms with Gasteiger partial charge in [0.15, 0.2) is 0 Å². The molecule has 2 aromatic rings. The number of hydrogen-bond donors (Lipinski definition) is 1. The normalized spacial score (nSPS) is 12.0. The molecule has 0 bridgehead atoms. The smallest absolute Gasteiger partial charge is 0.265 e. The molecule has 0 unspecified atom stereocenters. The molecule has 4 heteroatoms. The molecule has 0 spiro atoms. The molecule has 0 aliphatic carbocycles. The molecule has 0 saturated heterocycles. The van der Waals surface area contributed by atoms with Crippen LogP contribution in [-0.4, -0.2) is 9.97 Å². The molecule has 1 heterocycles. The molecule has 0 aliphatic heterocycles. The zero-order chi connectivity index (χ0) is 15.8. The van der Waals surface area contributed by atoms with Gasteiger partial charge in [0.1, 0.15) is 10.3 Å². The van der Waals surface area contributed by atoms with Gasteiger partial charge in [0.25, 0.3) is 5.56 Å². The number of halogens is 1. The summed E-state index contributed by atoms with van der Waals surface area (Å²) in [5, 5.41) is 0. The van der Waals surface area contributed by atoms with E-state index in [1.54, 1.807) is 0 Å². The fraction of sp³-hybridized carbons (Fsp3) is 0.412. The summed E-state index contributed by atoms with van der Waals surface area (Å²) in [7, 11) is 0. The van der Waals surface area contributed by atoms with Crippen LogP contribution >= 0.6 is 15.9 Å². The summed E-state index contributed by atoms with van der Waals surface area (Å²) in [5.41, 5.74) is 2.95. The number of rotatable bonds is 2. The van der Waals surface area contributed by atoms with Crippen LogP contribution in [0.25, 0.3) is 11.4 Å². The Hall–Kier alpha value is -1.42. The van der Waals surface area contributed by atoms with Crippen molar-refractivity contribution in [3.8, 4) is 11.4 Å². The van der Waals surface area contributed by atoms with E-state index in [0.717, 1.165) is 11.3 Å². The maximum Gasteiger partial charge on any atom is 0.265 e. The van der Waals surface area contributed by atoms with E-state index in [1.807, 2.05) is 26.0 Å². The lowest BCUT2D eigenvalue weighted by atomic mass is 9.86. The average Bonchev–Trinajstić information content (AvgIpc) is 2.40. The number of benzene rings is 1. The zero-order valence-electron chi connectivity index (χ0n) is 13.1. The lowest BCUT2D eigenvalue weighted by Gasteiger charge is -2.19. The fourth-order valence-electron chi connectivity index (χ4n) is 2.12. The second-order valence-electron chi connectivity index (χ2n) is 6.60. The van der Waals surface area contributed by atoms with Gasteiger partial charge in [-0.2, -0.15) is 0 Å². The number of hydrogen-bond acceptors (Lipinski definition) is 2. The number of aromatic nitrogens is 2. The van der Waals surface area contributed by atoms with Crippen molar-refractivity contribution in [3.63, 3.8) is 0 Å². The Labute approximate surface area is 134 Å². The highest BCUT2D eigenvalue weighted by Gasteiger charge is 2.15. The van der Waals surface area contributed by atoms with Crippen LogP contribution < -0.4 is 5.56 Å². The first-order chi connectivity index (χ1) is 9.70. The first kappa shape index (κ1) is 16.0. The minimum absolute atomic E-state index is 0.113. The summed E-state index contributed by atoms with van der Waals surface area (Å²) in [4.78, 5) is 19.4. The highest BCUT2D eigenvalue weighted by Crippen LogP contribution is 2.26. The average molecular weight is 349 g/mol. The van der Waals surface area contributed by atoms with E-state index >= 15 is 0 Å². The molecular weight excluding hydrogens is 328 g/mol. The van der Waals surface area contributed by atoms with Gasteiger partial charge in [-0.05, 0) is 32.8 Å². The van der Waals surface area contributed by atoms with E-state index < -0.39 is 0 Å². The third-order valence-corrected chi connectivity index (χ3v) is 4.23. The first-order valence-corrected chi connectivity index (χ1v) is 7.90. The van der Waals surface area contributed by atoms with Crippen molar-refractivity contribution >= 4 is 15.9 Å². The van der Waals surface area contributed by atoms with E-state index in [-0.39, 0.29) is 16.9 Å². The fourth-order valence-corrected chi connectivity index (χ4v) is 2.77. The molecule has 0 radical (unpaired) electrons. The molecule has 2 rings (SSSR count). The van der Waals surface area contributed by atoms with Crippen molar-refractivity contribution in [3.05, 3.63) is 50.3 Å². The SMILES string of the molecule is CC(C)c1nc(-c2ccc(C(C)(C)C)cc2)[nH]c(=O)c1Br. The lowest BCUT2D eigenvalue weighted by Crippen LogP contribution is -2.15. The molecule has 1 N–H and O–H groups in total. The van der Waals surface area contributed by atoms with Crippen LogP contribution in [0.3, 0.4) is 0 Å². The van der Waals surface area contributed by atoms with Gasteiger partial charge in [-0.15, -0.1) is 0 Å². The van der Waals surface area contributed by atoms with Crippen molar-refractivity contribution in [2.45, 2.75) is 46.0 Å². The van der Waals surface area contributed by atoms with Crippen LogP contribution in [0.4, 0.5) is 0 Å².